The molecule has 3 rings (SSSR count). The number of benzene rings is 2. The second-order valence-electron chi connectivity index (χ2n) is 6.09. The van der Waals surface area contributed by atoms with Crippen LogP contribution in [0.3, 0.4) is 0 Å². The molecule has 0 aromatic heterocycles. The summed E-state index contributed by atoms with van der Waals surface area (Å²) in [5.74, 6) is -1.09. The first-order valence-electron chi connectivity index (χ1n) is 7.97. The fraction of sp³-hybridized carbons (Fsp3) is 0.368. The highest BCUT2D eigenvalue weighted by Gasteiger charge is 2.26. The quantitative estimate of drug-likeness (QED) is 0.895. The lowest BCUT2D eigenvalue weighted by atomic mass is 9.82. The maximum Gasteiger partial charge on any atom is 0.168 e. The number of halogens is 2. The van der Waals surface area contributed by atoms with Crippen LogP contribution in [0.5, 0.6) is 5.75 Å². The third-order valence-electron chi connectivity index (χ3n) is 4.40. The molecule has 0 unspecified atom stereocenters. The Morgan fingerprint density at radius 1 is 1.00 bits per heavy atom. The van der Waals surface area contributed by atoms with Crippen LogP contribution in [0.15, 0.2) is 42.5 Å². The molecule has 2 nitrogen and oxygen atoms in total. The maximum atomic E-state index is 14.2. The molecule has 1 N–H and O–H groups in total. The summed E-state index contributed by atoms with van der Waals surface area (Å²) in [6.45, 7) is 0.242. The summed E-state index contributed by atoms with van der Waals surface area (Å²) >= 11 is 0. The van der Waals surface area contributed by atoms with E-state index in [4.69, 9.17) is 4.74 Å². The normalized spacial score (nSPS) is 21.2. The number of ether oxygens (including phenoxy) is 1. The Bertz CT molecular complexity index is 650. The van der Waals surface area contributed by atoms with Crippen LogP contribution in [0.25, 0.3) is 0 Å². The summed E-state index contributed by atoms with van der Waals surface area (Å²) in [5.41, 5.74) is 1.51. The van der Waals surface area contributed by atoms with E-state index in [1.54, 1.807) is 0 Å². The zero-order chi connectivity index (χ0) is 16.2. The van der Waals surface area contributed by atoms with Gasteiger partial charge in [-0.15, -0.1) is 0 Å². The molecule has 0 atom stereocenters. The SMILES string of the molecule is OC1CCC(c2cc(F)cc(F)c2OCc2ccccc2)CC1. The van der Waals surface area contributed by atoms with E-state index in [-0.39, 0.29) is 24.4 Å². The molecule has 2 aromatic carbocycles. The van der Waals surface area contributed by atoms with Crippen LogP contribution in [-0.2, 0) is 6.61 Å². The van der Waals surface area contributed by atoms with Gasteiger partial charge in [-0.05, 0) is 43.2 Å². The van der Waals surface area contributed by atoms with Crippen molar-refractivity contribution in [1.82, 2.24) is 0 Å². The Morgan fingerprint density at radius 2 is 1.70 bits per heavy atom. The standard InChI is InChI=1S/C19H20F2O2/c20-15-10-17(14-6-8-16(22)9-7-14)19(18(21)11-15)23-12-13-4-2-1-3-5-13/h1-5,10-11,14,16,22H,6-9,12H2. The van der Waals surface area contributed by atoms with Crippen molar-refractivity contribution in [3.63, 3.8) is 0 Å². The smallest absolute Gasteiger partial charge is 0.168 e. The van der Waals surface area contributed by atoms with Gasteiger partial charge in [0.2, 0.25) is 0 Å². The van der Waals surface area contributed by atoms with E-state index < -0.39 is 11.6 Å². The first kappa shape index (κ1) is 15.9. The molecule has 1 aliphatic carbocycles. The predicted octanol–water partition coefficient (Wildman–Crippen LogP) is 4.56. The summed E-state index contributed by atoms with van der Waals surface area (Å²) in [6, 6.07) is 11.7. The van der Waals surface area contributed by atoms with Crippen molar-refractivity contribution in [3.05, 3.63) is 65.2 Å². The Hall–Kier alpha value is -1.94. The Labute approximate surface area is 134 Å². The van der Waals surface area contributed by atoms with Crippen molar-refractivity contribution in [2.75, 3.05) is 0 Å². The van der Waals surface area contributed by atoms with Crippen LogP contribution in [-0.4, -0.2) is 11.2 Å². The molecule has 1 aliphatic rings. The van der Waals surface area contributed by atoms with Crippen LogP contribution in [0.2, 0.25) is 0 Å². The average Bonchev–Trinajstić information content (AvgIpc) is 2.55. The molecule has 4 heteroatoms. The Balaban J connectivity index is 1.83. The van der Waals surface area contributed by atoms with Crippen molar-refractivity contribution in [1.29, 1.82) is 0 Å². The van der Waals surface area contributed by atoms with E-state index >= 15 is 0 Å². The monoisotopic (exact) mass is 318 g/mol. The molecule has 0 saturated heterocycles. The van der Waals surface area contributed by atoms with Gasteiger partial charge in [0.25, 0.3) is 0 Å². The van der Waals surface area contributed by atoms with Crippen LogP contribution < -0.4 is 4.74 Å². The van der Waals surface area contributed by atoms with Crippen molar-refractivity contribution < 1.29 is 18.6 Å². The second kappa shape index (κ2) is 7.09. The first-order valence-corrected chi connectivity index (χ1v) is 7.97. The maximum absolute atomic E-state index is 14.2. The molecule has 0 amide bonds. The molecule has 0 aliphatic heterocycles. The van der Waals surface area contributed by atoms with Crippen LogP contribution in [0.4, 0.5) is 8.78 Å². The highest BCUT2D eigenvalue weighted by Crippen LogP contribution is 2.39. The largest absolute Gasteiger partial charge is 0.486 e. The van der Waals surface area contributed by atoms with Gasteiger partial charge >= 0.3 is 0 Å². The van der Waals surface area contributed by atoms with Crippen LogP contribution in [0, 0.1) is 11.6 Å². The van der Waals surface area contributed by atoms with E-state index in [1.807, 2.05) is 30.3 Å². The van der Waals surface area contributed by atoms with E-state index in [0.29, 0.717) is 31.2 Å². The Morgan fingerprint density at radius 3 is 2.39 bits per heavy atom. The van der Waals surface area contributed by atoms with Gasteiger partial charge in [0.1, 0.15) is 12.4 Å². The Kier molecular flexibility index (Phi) is 4.91. The van der Waals surface area contributed by atoms with E-state index in [0.717, 1.165) is 11.6 Å². The number of hydrogen-bond acceptors (Lipinski definition) is 2. The van der Waals surface area contributed by atoms with Gasteiger partial charge in [-0.25, -0.2) is 8.78 Å². The second-order valence-corrected chi connectivity index (χ2v) is 6.09. The molecular weight excluding hydrogens is 298 g/mol. The number of aliphatic hydroxyl groups is 1. The molecule has 0 bridgehead atoms. The lowest BCUT2D eigenvalue weighted by molar-refractivity contribution is 0.121. The van der Waals surface area contributed by atoms with Gasteiger partial charge in [0.05, 0.1) is 6.10 Å². The molecule has 2 aromatic rings. The van der Waals surface area contributed by atoms with Crippen molar-refractivity contribution >= 4 is 0 Å². The molecule has 1 saturated carbocycles. The van der Waals surface area contributed by atoms with Gasteiger partial charge in [-0.3, -0.25) is 0 Å². The molecule has 0 radical (unpaired) electrons. The van der Waals surface area contributed by atoms with E-state index in [9.17, 15) is 13.9 Å². The summed E-state index contributed by atoms with van der Waals surface area (Å²) in [6.07, 6.45) is 2.43. The predicted molar refractivity (Wildman–Crippen MR) is 84.3 cm³/mol. The minimum atomic E-state index is -0.665. The fourth-order valence-electron chi connectivity index (χ4n) is 3.15. The molecule has 0 heterocycles. The van der Waals surface area contributed by atoms with Gasteiger partial charge in [0.15, 0.2) is 11.6 Å². The number of aliphatic hydroxyl groups excluding tert-OH is 1. The van der Waals surface area contributed by atoms with Crippen molar-refractivity contribution in [2.45, 2.75) is 44.3 Å². The molecule has 1 fully saturated rings. The summed E-state index contributed by atoms with van der Waals surface area (Å²) in [5, 5.41) is 9.62. The van der Waals surface area contributed by atoms with Crippen LogP contribution >= 0.6 is 0 Å². The summed E-state index contributed by atoms with van der Waals surface area (Å²) in [7, 11) is 0. The van der Waals surface area contributed by atoms with Crippen LogP contribution in [0.1, 0.15) is 42.7 Å². The molecule has 122 valence electrons. The number of hydrogen-bond donors (Lipinski definition) is 1. The van der Waals surface area contributed by atoms with Gasteiger partial charge in [0, 0.05) is 11.6 Å². The van der Waals surface area contributed by atoms with Gasteiger partial charge in [-0.1, -0.05) is 30.3 Å². The van der Waals surface area contributed by atoms with Crippen molar-refractivity contribution in [3.8, 4) is 5.75 Å². The van der Waals surface area contributed by atoms with Crippen molar-refractivity contribution in [2.24, 2.45) is 0 Å². The third-order valence-corrected chi connectivity index (χ3v) is 4.40. The zero-order valence-electron chi connectivity index (χ0n) is 12.8. The van der Waals surface area contributed by atoms with E-state index in [2.05, 4.69) is 0 Å². The lowest BCUT2D eigenvalue weighted by Gasteiger charge is -2.27. The third kappa shape index (κ3) is 3.88. The minimum absolute atomic E-state index is 0.0226. The van der Waals surface area contributed by atoms with Gasteiger partial charge in [-0.2, -0.15) is 0 Å². The zero-order valence-corrected chi connectivity index (χ0v) is 12.8. The summed E-state index contributed by atoms with van der Waals surface area (Å²) in [4.78, 5) is 0. The fourth-order valence-corrected chi connectivity index (χ4v) is 3.15. The highest BCUT2D eigenvalue weighted by atomic mass is 19.1. The number of rotatable bonds is 4. The minimum Gasteiger partial charge on any atom is -0.486 e. The van der Waals surface area contributed by atoms with E-state index in [1.165, 1.54) is 6.07 Å². The molecular formula is C19H20F2O2. The summed E-state index contributed by atoms with van der Waals surface area (Å²) < 4.78 is 33.6. The van der Waals surface area contributed by atoms with Gasteiger partial charge < -0.3 is 9.84 Å². The first-order chi connectivity index (χ1) is 11.1. The molecule has 23 heavy (non-hydrogen) atoms. The highest BCUT2D eigenvalue weighted by molar-refractivity contribution is 5.39. The average molecular weight is 318 g/mol. The lowest BCUT2D eigenvalue weighted by Crippen LogP contribution is -2.18. The topological polar surface area (TPSA) is 29.5 Å². The molecule has 0 spiro atoms.